The number of nitrogens with one attached hydrogen (secondary N) is 2. The lowest BCUT2D eigenvalue weighted by Crippen LogP contribution is -2.44. The lowest BCUT2D eigenvalue weighted by atomic mass is 9.89. The van der Waals surface area contributed by atoms with Crippen molar-refractivity contribution in [3.63, 3.8) is 0 Å². The summed E-state index contributed by atoms with van der Waals surface area (Å²) < 4.78 is 13.7. The zero-order chi connectivity index (χ0) is 18.1. The fourth-order valence-electron chi connectivity index (χ4n) is 2.81. The quantitative estimate of drug-likeness (QED) is 0.608. The summed E-state index contributed by atoms with van der Waals surface area (Å²) in [6, 6.07) is 2.93. The van der Waals surface area contributed by atoms with Gasteiger partial charge >= 0.3 is 0 Å². The van der Waals surface area contributed by atoms with Crippen LogP contribution in [0.5, 0.6) is 0 Å². The summed E-state index contributed by atoms with van der Waals surface area (Å²) in [5.41, 5.74) is 0.292. The van der Waals surface area contributed by atoms with E-state index < -0.39 is 0 Å². The highest BCUT2D eigenvalue weighted by atomic mass is 19.1. The molecule has 2 N–H and O–H groups in total. The molecule has 1 fully saturated rings. The normalized spacial score (nSPS) is 15.7. The van der Waals surface area contributed by atoms with Crippen molar-refractivity contribution in [1.82, 2.24) is 20.5 Å². The van der Waals surface area contributed by atoms with Crippen molar-refractivity contribution in [2.75, 3.05) is 27.2 Å². The second-order valence-electron chi connectivity index (χ2n) is 6.62. The van der Waals surface area contributed by atoms with Gasteiger partial charge < -0.3 is 15.5 Å². The molecule has 2 rings (SSSR count). The van der Waals surface area contributed by atoms with Crippen LogP contribution in [0.3, 0.4) is 0 Å². The summed E-state index contributed by atoms with van der Waals surface area (Å²) in [6.45, 7) is 1.09. The van der Waals surface area contributed by atoms with E-state index in [2.05, 4.69) is 20.6 Å². The molecule has 1 aliphatic carbocycles. The molecular weight excluding hydrogens is 321 g/mol. The van der Waals surface area contributed by atoms with E-state index >= 15 is 0 Å². The number of likely N-dealkylation sites (N-methyl/N-ethyl adjacent to an activating group) is 1. The molecule has 0 bridgehead atoms. The van der Waals surface area contributed by atoms with Crippen LogP contribution in [0.1, 0.15) is 37.8 Å². The van der Waals surface area contributed by atoms with E-state index in [-0.39, 0.29) is 24.8 Å². The van der Waals surface area contributed by atoms with E-state index in [1.807, 2.05) is 0 Å². The maximum atomic E-state index is 13.7. The van der Waals surface area contributed by atoms with Gasteiger partial charge in [-0.15, -0.1) is 0 Å². The van der Waals surface area contributed by atoms with Gasteiger partial charge in [-0.25, -0.2) is 9.38 Å². The van der Waals surface area contributed by atoms with E-state index in [9.17, 15) is 9.18 Å². The molecule has 1 aliphatic rings. The summed E-state index contributed by atoms with van der Waals surface area (Å²) in [7, 11) is 3.42. The van der Waals surface area contributed by atoms with Gasteiger partial charge in [0.2, 0.25) is 5.91 Å². The number of rotatable bonds is 6. The first-order chi connectivity index (χ1) is 12.1. The molecule has 25 heavy (non-hydrogen) atoms. The van der Waals surface area contributed by atoms with Crippen molar-refractivity contribution in [1.29, 1.82) is 0 Å². The first-order valence-corrected chi connectivity index (χ1v) is 8.88. The molecule has 138 valence electrons. The minimum atomic E-state index is -0.373. The minimum Gasteiger partial charge on any atom is -0.356 e. The lowest BCUT2D eigenvalue weighted by molar-refractivity contribution is -0.127. The second-order valence-corrected chi connectivity index (χ2v) is 6.62. The van der Waals surface area contributed by atoms with Crippen molar-refractivity contribution >= 4 is 11.9 Å². The molecule has 0 aromatic carbocycles. The Bertz CT molecular complexity index is 585. The molecule has 1 saturated carbocycles. The number of nitrogens with zero attached hydrogens (tertiary/aromatic N) is 3. The first-order valence-electron chi connectivity index (χ1n) is 8.88. The number of amides is 1. The zero-order valence-corrected chi connectivity index (χ0v) is 15.1. The van der Waals surface area contributed by atoms with Crippen LogP contribution in [-0.2, 0) is 11.3 Å². The van der Waals surface area contributed by atoms with Crippen molar-refractivity contribution in [3.8, 4) is 0 Å². The summed E-state index contributed by atoms with van der Waals surface area (Å²) in [6.07, 6.45) is 7.82. The van der Waals surface area contributed by atoms with E-state index in [0.29, 0.717) is 17.6 Å². The number of halogens is 1. The Kier molecular flexibility index (Phi) is 7.63. The Balaban J connectivity index is 1.95. The highest BCUT2D eigenvalue weighted by molar-refractivity contribution is 5.86. The molecule has 6 nitrogen and oxygen atoms in total. The summed E-state index contributed by atoms with van der Waals surface area (Å²) in [5.74, 6) is 0.723. The van der Waals surface area contributed by atoms with Gasteiger partial charge in [-0.3, -0.25) is 9.78 Å². The fraction of sp³-hybridized carbons (Fsp3) is 0.611. The lowest BCUT2D eigenvalue weighted by Gasteiger charge is -2.23. The van der Waals surface area contributed by atoms with Crippen molar-refractivity contribution < 1.29 is 9.18 Å². The summed E-state index contributed by atoms with van der Waals surface area (Å²) >= 11 is 0. The predicted molar refractivity (Wildman–Crippen MR) is 96.6 cm³/mol. The van der Waals surface area contributed by atoms with E-state index in [0.717, 1.165) is 6.54 Å². The zero-order valence-electron chi connectivity index (χ0n) is 15.1. The third-order valence-corrected chi connectivity index (χ3v) is 4.41. The Morgan fingerprint density at radius 3 is 2.76 bits per heavy atom. The van der Waals surface area contributed by atoms with Crippen LogP contribution in [-0.4, -0.2) is 48.9 Å². The molecule has 1 amide bonds. The van der Waals surface area contributed by atoms with Gasteiger partial charge in [0, 0.05) is 26.8 Å². The van der Waals surface area contributed by atoms with Gasteiger partial charge in [0.1, 0.15) is 5.82 Å². The topological polar surface area (TPSA) is 69.6 Å². The maximum Gasteiger partial charge on any atom is 0.241 e. The molecular formula is C18H28FN5O. The van der Waals surface area contributed by atoms with Gasteiger partial charge in [-0.05, 0) is 30.9 Å². The third-order valence-electron chi connectivity index (χ3n) is 4.41. The highest BCUT2D eigenvalue weighted by Gasteiger charge is 2.14. The van der Waals surface area contributed by atoms with Gasteiger partial charge in [-0.1, -0.05) is 19.3 Å². The monoisotopic (exact) mass is 349 g/mol. The molecule has 1 heterocycles. The van der Waals surface area contributed by atoms with Gasteiger partial charge in [0.05, 0.1) is 18.8 Å². The van der Waals surface area contributed by atoms with Crippen LogP contribution < -0.4 is 10.6 Å². The van der Waals surface area contributed by atoms with E-state index in [1.165, 1.54) is 43.1 Å². The number of aromatic nitrogens is 1. The molecule has 1 aromatic rings. The second kappa shape index (κ2) is 9.96. The van der Waals surface area contributed by atoms with Crippen LogP contribution in [0.4, 0.5) is 4.39 Å². The molecule has 0 unspecified atom stereocenters. The largest absolute Gasteiger partial charge is 0.356 e. The van der Waals surface area contributed by atoms with E-state index in [4.69, 9.17) is 0 Å². The van der Waals surface area contributed by atoms with Crippen LogP contribution in [0.2, 0.25) is 0 Å². The molecule has 1 aromatic heterocycles. The highest BCUT2D eigenvalue weighted by Crippen LogP contribution is 2.22. The Hall–Kier alpha value is -2.18. The number of hydrogen-bond acceptors (Lipinski definition) is 3. The smallest absolute Gasteiger partial charge is 0.241 e. The number of carbonyl (C=O) groups excluding carboxylic acids is 1. The number of aliphatic imine (C=N–C) groups is 1. The Labute approximate surface area is 148 Å². The molecule has 7 heteroatoms. The third kappa shape index (κ3) is 6.68. The molecule has 0 saturated heterocycles. The average molecular weight is 349 g/mol. The van der Waals surface area contributed by atoms with Crippen LogP contribution in [0.15, 0.2) is 23.3 Å². The predicted octanol–water partition coefficient (Wildman–Crippen LogP) is 1.92. The Morgan fingerprint density at radius 1 is 1.32 bits per heavy atom. The van der Waals surface area contributed by atoms with Gasteiger partial charge in [0.15, 0.2) is 5.96 Å². The summed E-state index contributed by atoms with van der Waals surface area (Å²) in [4.78, 5) is 21.7. The number of guanidine groups is 1. The van der Waals surface area contributed by atoms with E-state index in [1.54, 1.807) is 26.4 Å². The summed E-state index contributed by atoms with van der Waals surface area (Å²) in [5, 5.41) is 6.32. The number of pyridine rings is 1. The molecule has 0 atom stereocenters. The number of carbonyl (C=O) groups is 1. The van der Waals surface area contributed by atoms with Crippen LogP contribution in [0, 0.1) is 11.7 Å². The maximum absolute atomic E-state index is 13.7. The average Bonchev–Trinajstić information content (AvgIpc) is 2.62. The van der Waals surface area contributed by atoms with Crippen molar-refractivity contribution in [2.45, 2.75) is 38.6 Å². The van der Waals surface area contributed by atoms with Crippen molar-refractivity contribution in [3.05, 3.63) is 29.8 Å². The SMILES string of the molecule is CN(C)C(=O)CNC(=NCc1ncccc1F)NCC1CCCCC1. The van der Waals surface area contributed by atoms with Gasteiger partial charge in [0.25, 0.3) is 0 Å². The van der Waals surface area contributed by atoms with Crippen LogP contribution >= 0.6 is 0 Å². The first kappa shape index (κ1) is 19.1. The minimum absolute atomic E-state index is 0.0452. The fourth-order valence-corrected chi connectivity index (χ4v) is 2.81. The van der Waals surface area contributed by atoms with Gasteiger partial charge in [-0.2, -0.15) is 0 Å². The molecule has 0 aliphatic heterocycles. The molecule has 0 radical (unpaired) electrons. The standard InChI is InChI=1S/C18H28FN5O/c1-24(2)17(25)13-23-18(21-11-14-7-4-3-5-8-14)22-12-16-15(19)9-6-10-20-16/h6,9-10,14H,3-5,7-8,11-13H2,1-2H3,(H2,21,22,23). The number of hydrogen-bond donors (Lipinski definition) is 2. The van der Waals surface area contributed by atoms with Crippen LogP contribution in [0.25, 0.3) is 0 Å². The Morgan fingerprint density at radius 2 is 2.08 bits per heavy atom. The van der Waals surface area contributed by atoms with Crippen molar-refractivity contribution in [2.24, 2.45) is 10.9 Å². The molecule has 0 spiro atoms.